The van der Waals surface area contributed by atoms with Crippen molar-refractivity contribution in [2.75, 3.05) is 6.54 Å². The Morgan fingerprint density at radius 2 is 2.06 bits per heavy atom. The highest BCUT2D eigenvalue weighted by Crippen LogP contribution is 2.28. The SMILES string of the molecule is NC(=O)CCNC1CCCC1Cc1ccccc1. The van der Waals surface area contributed by atoms with Crippen LogP contribution in [-0.4, -0.2) is 18.5 Å². The number of hydrogen-bond acceptors (Lipinski definition) is 2. The van der Waals surface area contributed by atoms with Crippen LogP contribution in [0, 0.1) is 5.92 Å². The Balaban J connectivity index is 1.82. The summed E-state index contributed by atoms with van der Waals surface area (Å²) >= 11 is 0. The van der Waals surface area contributed by atoms with E-state index in [0.29, 0.717) is 24.9 Å². The highest BCUT2D eigenvalue weighted by Gasteiger charge is 2.26. The molecule has 98 valence electrons. The van der Waals surface area contributed by atoms with Crippen LogP contribution in [0.4, 0.5) is 0 Å². The summed E-state index contributed by atoms with van der Waals surface area (Å²) in [5.41, 5.74) is 6.56. The normalized spacial score (nSPS) is 23.1. The van der Waals surface area contributed by atoms with Gasteiger partial charge in [0.05, 0.1) is 0 Å². The second-order valence-corrected chi connectivity index (χ2v) is 5.16. The molecule has 1 aromatic rings. The molecule has 0 aliphatic heterocycles. The maximum Gasteiger partial charge on any atom is 0.218 e. The third-order valence-corrected chi connectivity index (χ3v) is 3.78. The zero-order valence-electron chi connectivity index (χ0n) is 10.8. The number of hydrogen-bond donors (Lipinski definition) is 2. The van der Waals surface area contributed by atoms with Crippen LogP contribution < -0.4 is 11.1 Å². The molecule has 0 spiro atoms. The molecule has 2 unspecified atom stereocenters. The lowest BCUT2D eigenvalue weighted by Crippen LogP contribution is -2.35. The summed E-state index contributed by atoms with van der Waals surface area (Å²) in [6.07, 6.45) is 5.36. The number of primary amides is 1. The minimum atomic E-state index is -0.222. The molecule has 3 N–H and O–H groups in total. The van der Waals surface area contributed by atoms with Crippen molar-refractivity contribution in [1.82, 2.24) is 5.32 Å². The third-order valence-electron chi connectivity index (χ3n) is 3.78. The van der Waals surface area contributed by atoms with Gasteiger partial charge in [0, 0.05) is 19.0 Å². The van der Waals surface area contributed by atoms with E-state index in [9.17, 15) is 4.79 Å². The monoisotopic (exact) mass is 246 g/mol. The van der Waals surface area contributed by atoms with Crippen LogP contribution in [0.5, 0.6) is 0 Å². The van der Waals surface area contributed by atoms with E-state index in [-0.39, 0.29) is 5.91 Å². The molecule has 3 nitrogen and oxygen atoms in total. The van der Waals surface area contributed by atoms with Crippen molar-refractivity contribution in [3.63, 3.8) is 0 Å². The van der Waals surface area contributed by atoms with Gasteiger partial charge < -0.3 is 11.1 Å². The molecule has 1 saturated carbocycles. The van der Waals surface area contributed by atoms with Crippen LogP contribution in [-0.2, 0) is 11.2 Å². The maximum absolute atomic E-state index is 10.7. The number of carbonyl (C=O) groups excluding carboxylic acids is 1. The van der Waals surface area contributed by atoms with Crippen LogP contribution in [0.25, 0.3) is 0 Å². The van der Waals surface area contributed by atoms with Gasteiger partial charge >= 0.3 is 0 Å². The summed E-state index contributed by atoms with van der Waals surface area (Å²) in [6, 6.07) is 11.2. The van der Waals surface area contributed by atoms with Gasteiger partial charge in [0.15, 0.2) is 0 Å². The van der Waals surface area contributed by atoms with E-state index in [4.69, 9.17) is 5.73 Å². The van der Waals surface area contributed by atoms with E-state index in [1.165, 1.54) is 24.8 Å². The Bertz CT molecular complexity index is 377. The largest absolute Gasteiger partial charge is 0.370 e. The highest BCUT2D eigenvalue weighted by atomic mass is 16.1. The molecule has 2 atom stereocenters. The molecular weight excluding hydrogens is 224 g/mol. The summed E-state index contributed by atoms with van der Waals surface area (Å²) in [7, 11) is 0. The van der Waals surface area contributed by atoms with Gasteiger partial charge in [-0.2, -0.15) is 0 Å². The summed E-state index contributed by atoms with van der Waals surface area (Å²) in [5.74, 6) is 0.473. The zero-order chi connectivity index (χ0) is 12.8. The van der Waals surface area contributed by atoms with Gasteiger partial charge in [0.1, 0.15) is 0 Å². The number of nitrogens with two attached hydrogens (primary N) is 1. The highest BCUT2D eigenvalue weighted by molar-refractivity contribution is 5.73. The van der Waals surface area contributed by atoms with Gasteiger partial charge in [0.2, 0.25) is 5.91 Å². The molecule has 0 aromatic heterocycles. The number of benzene rings is 1. The molecular formula is C15H22N2O. The molecule has 2 rings (SSSR count). The van der Waals surface area contributed by atoms with E-state index < -0.39 is 0 Å². The van der Waals surface area contributed by atoms with E-state index in [2.05, 4.69) is 35.6 Å². The fraction of sp³-hybridized carbons (Fsp3) is 0.533. The van der Waals surface area contributed by atoms with Crippen LogP contribution in [0.15, 0.2) is 30.3 Å². The molecule has 1 aromatic carbocycles. The predicted molar refractivity (Wildman–Crippen MR) is 73.1 cm³/mol. The van der Waals surface area contributed by atoms with Gasteiger partial charge in [-0.1, -0.05) is 36.8 Å². The zero-order valence-corrected chi connectivity index (χ0v) is 10.8. The van der Waals surface area contributed by atoms with Crippen LogP contribution in [0.3, 0.4) is 0 Å². The Hall–Kier alpha value is -1.35. The Labute approximate surface area is 109 Å². The minimum absolute atomic E-state index is 0.222. The first-order chi connectivity index (χ1) is 8.75. The van der Waals surface area contributed by atoms with E-state index >= 15 is 0 Å². The van der Waals surface area contributed by atoms with E-state index in [1.807, 2.05) is 0 Å². The summed E-state index contributed by atoms with van der Waals surface area (Å²) in [6.45, 7) is 0.714. The molecule has 0 saturated heterocycles. The van der Waals surface area contributed by atoms with Crippen LogP contribution >= 0.6 is 0 Å². The minimum Gasteiger partial charge on any atom is -0.370 e. The molecule has 0 radical (unpaired) electrons. The Morgan fingerprint density at radius 3 is 2.78 bits per heavy atom. The maximum atomic E-state index is 10.7. The molecule has 1 fully saturated rings. The quantitative estimate of drug-likeness (QED) is 0.805. The smallest absolute Gasteiger partial charge is 0.218 e. The standard InChI is InChI=1S/C15H22N2O/c16-15(18)9-10-17-14-8-4-7-13(14)11-12-5-2-1-3-6-12/h1-3,5-6,13-14,17H,4,7-11H2,(H2,16,18). The van der Waals surface area contributed by atoms with Crippen LogP contribution in [0.2, 0.25) is 0 Å². The summed E-state index contributed by atoms with van der Waals surface area (Å²) < 4.78 is 0. The third kappa shape index (κ3) is 3.84. The number of amides is 1. The summed E-state index contributed by atoms with van der Waals surface area (Å²) in [5, 5.41) is 3.48. The van der Waals surface area contributed by atoms with Crippen LogP contribution in [0.1, 0.15) is 31.2 Å². The second kappa shape index (κ2) is 6.55. The Kier molecular flexibility index (Phi) is 4.76. The molecule has 1 aliphatic carbocycles. The Morgan fingerprint density at radius 1 is 1.28 bits per heavy atom. The van der Waals surface area contributed by atoms with Gasteiger partial charge in [-0.15, -0.1) is 0 Å². The fourth-order valence-corrected chi connectivity index (χ4v) is 2.85. The van der Waals surface area contributed by atoms with E-state index in [0.717, 1.165) is 6.42 Å². The molecule has 1 amide bonds. The lowest BCUT2D eigenvalue weighted by atomic mass is 9.94. The molecule has 3 heteroatoms. The number of nitrogens with one attached hydrogen (secondary N) is 1. The first-order valence-corrected chi connectivity index (χ1v) is 6.81. The van der Waals surface area contributed by atoms with Crippen molar-refractivity contribution >= 4 is 5.91 Å². The number of rotatable bonds is 6. The van der Waals surface area contributed by atoms with Gasteiger partial charge in [0.25, 0.3) is 0 Å². The lowest BCUT2D eigenvalue weighted by Gasteiger charge is -2.21. The predicted octanol–water partition coefficient (Wildman–Crippen LogP) is 1.86. The molecule has 18 heavy (non-hydrogen) atoms. The van der Waals surface area contributed by atoms with Crippen molar-refractivity contribution in [3.05, 3.63) is 35.9 Å². The second-order valence-electron chi connectivity index (χ2n) is 5.16. The molecule has 1 aliphatic rings. The van der Waals surface area contributed by atoms with Crippen molar-refractivity contribution in [2.45, 2.75) is 38.1 Å². The fourth-order valence-electron chi connectivity index (χ4n) is 2.85. The first-order valence-electron chi connectivity index (χ1n) is 6.81. The van der Waals surface area contributed by atoms with Crippen molar-refractivity contribution in [3.8, 4) is 0 Å². The number of carbonyl (C=O) groups is 1. The van der Waals surface area contributed by atoms with Crippen molar-refractivity contribution in [1.29, 1.82) is 0 Å². The van der Waals surface area contributed by atoms with Gasteiger partial charge in [-0.25, -0.2) is 0 Å². The topological polar surface area (TPSA) is 55.1 Å². The first kappa shape index (κ1) is 13.1. The summed E-state index contributed by atoms with van der Waals surface area (Å²) in [4.78, 5) is 10.7. The van der Waals surface area contributed by atoms with Gasteiger partial charge in [-0.3, -0.25) is 4.79 Å². The van der Waals surface area contributed by atoms with Crippen molar-refractivity contribution in [2.24, 2.45) is 11.7 Å². The van der Waals surface area contributed by atoms with Crippen molar-refractivity contribution < 1.29 is 4.79 Å². The molecule has 0 bridgehead atoms. The molecule has 0 heterocycles. The average Bonchev–Trinajstić information content (AvgIpc) is 2.78. The van der Waals surface area contributed by atoms with Gasteiger partial charge in [-0.05, 0) is 30.7 Å². The average molecular weight is 246 g/mol. The van der Waals surface area contributed by atoms with E-state index in [1.54, 1.807) is 0 Å². The lowest BCUT2D eigenvalue weighted by molar-refractivity contribution is -0.117.